The Balaban J connectivity index is 2.00. The summed E-state index contributed by atoms with van der Waals surface area (Å²) >= 11 is 7.15. The summed E-state index contributed by atoms with van der Waals surface area (Å²) in [4.78, 5) is 15.5. The largest absolute Gasteiger partial charge is 0.478 e. The fourth-order valence-electron chi connectivity index (χ4n) is 1.75. The summed E-state index contributed by atoms with van der Waals surface area (Å²) < 4.78 is 6.56. The first-order chi connectivity index (χ1) is 9.63. The number of thiazole rings is 1. The molecule has 20 heavy (non-hydrogen) atoms. The van der Waals surface area contributed by atoms with Crippen molar-refractivity contribution in [1.29, 1.82) is 0 Å². The fraction of sp³-hybridized carbons (Fsp3) is 0. The number of hydrogen-bond acceptors (Lipinski definition) is 4. The average molecular weight is 306 g/mol. The van der Waals surface area contributed by atoms with Gasteiger partial charge in [-0.3, -0.25) is 0 Å². The van der Waals surface area contributed by atoms with Gasteiger partial charge in [0.2, 0.25) is 0 Å². The zero-order chi connectivity index (χ0) is 14.1. The number of ether oxygens (including phenoxy) is 1. The number of nitrogens with zero attached hydrogens (tertiary/aromatic N) is 1. The minimum Gasteiger partial charge on any atom is -0.478 e. The Morgan fingerprint density at radius 1 is 1.25 bits per heavy atom. The topological polar surface area (TPSA) is 59.4 Å². The average Bonchev–Trinajstić information content (AvgIpc) is 2.82. The molecule has 0 saturated heterocycles. The minimum atomic E-state index is -1.09. The molecule has 0 amide bonds. The Bertz CT molecular complexity index is 767. The highest BCUT2D eigenvalue weighted by molar-refractivity contribution is 7.20. The number of hydrogen-bond donors (Lipinski definition) is 1. The molecule has 1 N–H and O–H groups in total. The maximum absolute atomic E-state index is 11.2. The standard InChI is InChI=1S/C14H8ClNO3S/c15-8-5-6-11(9(7-8)13(17)18)19-14-16-10-3-1-2-4-12(10)20-14/h1-7H,(H,17,18). The first-order valence-electron chi connectivity index (χ1n) is 5.70. The van der Waals surface area contributed by atoms with E-state index in [9.17, 15) is 4.79 Å². The molecule has 3 aromatic rings. The smallest absolute Gasteiger partial charge is 0.339 e. The van der Waals surface area contributed by atoms with Crippen LogP contribution in [-0.2, 0) is 0 Å². The first kappa shape index (κ1) is 12.9. The lowest BCUT2D eigenvalue weighted by Crippen LogP contribution is -1.99. The molecule has 0 saturated carbocycles. The lowest BCUT2D eigenvalue weighted by atomic mass is 10.2. The van der Waals surface area contributed by atoms with Gasteiger partial charge in [-0.15, -0.1) is 0 Å². The van der Waals surface area contributed by atoms with Crippen LogP contribution in [0.3, 0.4) is 0 Å². The zero-order valence-electron chi connectivity index (χ0n) is 10.0. The number of aromatic nitrogens is 1. The van der Waals surface area contributed by atoms with Crippen LogP contribution in [0.1, 0.15) is 10.4 Å². The van der Waals surface area contributed by atoms with Crippen LogP contribution in [0.2, 0.25) is 5.02 Å². The normalized spacial score (nSPS) is 10.7. The van der Waals surface area contributed by atoms with Crippen LogP contribution in [0.5, 0.6) is 10.9 Å². The Morgan fingerprint density at radius 2 is 2.05 bits per heavy atom. The predicted molar refractivity (Wildman–Crippen MR) is 78.1 cm³/mol. The molecule has 2 aromatic carbocycles. The molecular formula is C14H8ClNO3S. The quantitative estimate of drug-likeness (QED) is 0.777. The van der Waals surface area contributed by atoms with Crippen LogP contribution < -0.4 is 4.74 Å². The van der Waals surface area contributed by atoms with E-state index in [1.807, 2.05) is 24.3 Å². The van der Waals surface area contributed by atoms with Gasteiger partial charge < -0.3 is 9.84 Å². The number of para-hydroxylation sites is 1. The van der Waals surface area contributed by atoms with Crippen LogP contribution in [0.4, 0.5) is 0 Å². The molecule has 0 spiro atoms. The summed E-state index contributed by atoms with van der Waals surface area (Å²) in [6.07, 6.45) is 0. The van der Waals surface area contributed by atoms with Crippen molar-refractivity contribution in [2.24, 2.45) is 0 Å². The Kier molecular flexibility index (Phi) is 3.30. The third-order valence-electron chi connectivity index (χ3n) is 2.64. The molecule has 100 valence electrons. The SMILES string of the molecule is O=C(O)c1cc(Cl)ccc1Oc1nc2ccccc2s1. The summed E-state index contributed by atoms with van der Waals surface area (Å²) in [5.41, 5.74) is 0.829. The molecule has 0 aliphatic heterocycles. The van der Waals surface area contributed by atoms with Crippen molar-refractivity contribution >= 4 is 39.1 Å². The Morgan fingerprint density at radius 3 is 2.80 bits per heavy atom. The second-order valence-corrected chi connectivity index (χ2v) is 5.42. The minimum absolute atomic E-state index is 0.0109. The van der Waals surface area contributed by atoms with Crippen molar-refractivity contribution in [3.8, 4) is 10.9 Å². The van der Waals surface area contributed by atoms with Gasteiger partial charge in [0.05, 0.1) is 10.2 Å². The number of aromatic carboxylic acids is 1. The Labute approximate surface area is 123 Å². The van der Waals surface area contributed by atoms with Crippen molar-refractivity contribution in [3.63, 3.8) is 0 Å². The molecule has 0 aliphatic rings. The number of benzene rings is 2. The fourth-order valence-corrected chi connectivity index (χ4v) is 2.75. The van der Waals surface area contributed by atoms with E-state index in [2.05, 4.69) is 4.98 Å². The van der Waals surface area contributed by atoms with Gasteiger partial charge in [0.15, 0.2) is 0 Å². The van der Waals surface area contributed by atoms with Crippen LogP contribution in [-0.4, -0.2) is 16.1 Å². The molecule has 3 rings (SSSR count). The number of carboxylic acid groups (broad SMARTS) is 1. The van der Waals surface area contributed by atoms with Gasteiger partial charge in [-0.2, -0.15) is 0 Å². The molecule has 0 bridgehead atoms. The Hall–Kier alpha value is -2.11. The van der Waals surface area contributed by atoms with E-state index in [1.165, 1.54) is 23.5 Å². The van der Waals surface area contributed by atoms with Gasteiger partial charge in [0.25, 0.3) is 5.19 Å². The van der Waals surface area contributed by atoms with Crippen molar-refractivity contribution < 1.29 is 14.6 Å². The van der Waals surface area contributed by atoms with E-state index >= 15 is 0 Å². The van der Waals surface area contributed by atoms with Crippen molar-refractivity contribution in [2.75, 3.05) is 0 Å². The first-order valence-corrected chi connectivity index (χ1v) is 6.89. The van der Waals surface area contributed by atoms with Crippen LogP contribution >= 0.6 is 22.9 Å². The number of carboxylic acids is 1. The van der Waals surface area contributed by atoms with Gasteiger partial charge in [0.1, 0.15) is 11.3 Å². The van der Waals surface area contributed by atoms with E-state index in [0.717, 1.165) is 10.2 Å². The predicted octanol–water partition coefficient (Wildman–Crippen LogP) is 4.44. The van der Waals surface area contributed by atoms with Gasteiger partial charge in [0, 0.05) is 5.02 Å². The molecule has 6 heteroatoms. The molecule has 1 aromatic heterocycles. The summed E-state index contributed by atoms with van der Waals surface area (Å²) in [7, 11) is 0. The number of carbonyl (C=O) groups is 1. The number of halogens is 1. The molecule has 0 unspecified atom stereocenters. The molecule has 0 aliphatic carbocycles. The van der Waals surface area contributed by atoms with Crippen LogP contribution in [0.15, 0.2) is 42.5 Å². The van der Waals surface area contributed by atoms with Crippen LogP contribution in [0, 0.1) is 0 Å². The van der Waals surface area contributed by atoms with Gasteiger partial charge >= 0.3 is 5.97 Å². The molecule has 0 fully saturated rings. The zero-order valence-corrected chi connectivity index (χ0v) is 11.6. The molecule has 4 nitrogen and oxygen atoms in total. The molecule has 1 heterocycles. The lowest BCUT2D eigenvalue weighted by molar-refractivity contribution is 0.0694. The summed E-state index contributed by atoms with van der Waals surface area (Å²) in [5.74, 6) is -0.871. The van der Waals surface area contributed by atoms with Crippen molar-refractivity contribution in [1.82, 2.24) is 4.98 Å². The molecule has 0 atom stereocenters. The van der Waals surface area contributed by atoms with E-state index in [-0.39, 0.29) is 11.3 Å². The summed E-state index contributed by atoms with van der Waals surface area (Å²) in [5, 5.41) is 9.90. The highest BCUT2D eigenvalue weighted by atomic mass is 35.5. The third kappa shape index (κ3) is 2.45. The summed E-state index contributed by atoms with van der Waals surface area (Å²) in [6.45, 7) is 0. The van der Waals surface area contributed by atoms with Gasteiger partial charge in [-0.05, 0) is 30.3 Å². The maximum atomic E-state index is 11.2. The molecular weight excluding hydrogens is 298 g/mol. The number of rotatable bonds is 3. The highest BCUT2D eigenvalue weighted by Gasteiger charge is 2.14. The van der Waals surface area contributed by atoms with Crippen molar-refractivity contribution in [2.45, 2.75) is 0 Å². The van der Waals surface area contributed by atoms with E-state index in [4.69, 9.17) is 21.4 Å². The maximum Gasteiger partial charge on any atom is 0.339 e. The second-order valence-electron chi connectivity index (χ2n) is 4.00. The second kappa shape index (κ2) is 5.11. The third-order valence-corrected chi connectivity index (χ3v) is 3.79. The van der Waals surface area contributed by atoms with Crippen LogP contribution in [0.25, 0.3) is 10.2 Å². The summed E-state index contributed by atoms with van der Waals surface area (Å²) in [6, 6.07) is 12.1. The monoisotopic (exact) mass is 305 g/mol. The number of fused-ring (bicyclic) bond motifs is 1. The lowest BCUT2D eigenvalue weighted by Gasteiger charge is -2.05. The van der Waals surface area contributed by atoms with Gasteiger partial charge in [-0.1, -0.05) is 35.1 Å². The molecule has 0 radical (unpaired) electrons. The van der Waals surface area contributed by atoms with Crippen molar-refractivity contribution in [3.05, 3.63) is 53.1 Å². The van der Waals surface area contributed by atoms with E-state index < -0.39 is 5.97 Å². The highest BCUT2D eigenvalue weighted by Crippen LogP contribution is 2.33. The van der Waals surface area contributed by atoms with E-state index in [1.54, 1.807) is 6.07 Å². The van der Waals surface area contributed by atoms with E-state index in [0.29, 0.717) is 10.2 Å². The van der Waals surface area contributed by atoms with Gasteiger partial charge in [-0.25, -0.2) is 9.78 Å².